The average Bonchev–Trinajstić information content (AvgIpc) is 2.53. The quantitative estimate of drug-likeness (QED) is 0.758. The minimum Gasteiger partial charge on any atom is -0.477 e. The molecule has 0 amide bonds. The number of nitrogens with zero attached hydrogens (tertiary/aromatic N) is 1. The van der Waals surface area contributed by atoms with Crippen LogP contribution < -0.4 is 5.32 Å². The first-order valence-corrected chi connectivity index (χ1v) is 7.13. The molecule has 5 heteroatoms. The normalized spacial score (nSPS) is 10.6. The number of aromatic nitrogens is 1. The number of fused-ring (bicyclic) bond motifs is 1. The predicted octanol–water partition coefficient (Wildman–Crippen LogP) is 4.20. The highest BCUT2D eigenvalue weighted by Crippen LogP contribution is 2.24. The second-order valence-corrected chi connectivity index (χ2v) is 5.29. The summed E-state index contributed by atoms with van der Waals surface area (Å²) < 4.78 is 0. The van der Waals surface area contributed by atoms with Crippen molar-refractivity contribution in [3.05, 3.63) is 70.9 Å². The first-order chi connectivity index (χ1) is 10.6. The Hall–Kier alpha value is -2.59. The molecule has 0 atom stereocenters. The van der Waals surface area contributed by atoms with Gasteiger partial charge in [0.2, 0.25) is 0 Å². The number of carbonyl (C=O) groups is 1. The number of rotatable bonds is 4. The molecular weight excluding hydrogens is 300 g/mol. The molecule has 0 spiro atoms. The van der Waals surface area contributed by atoms with E-state index in [0.717, 1.165) is 16.6 Å². The smallest absolute Gasteiger partial charge is 0.354 e. The molecule has 3 aromatic rings. The van der Waals surface area contributed by atoms with Gasteiger partial charge in [-0.2, -0.15) is 0 Å². The molecule has 0 saturated heterocycles. The number of benzene rings is 2. The van der Waals surface area contributed by atoms with Crippen molar-refractivity contribution in [2.45, 2.75) is 6.54 Å². The first kappa shape index (κ1) is 14.4. The average molecular weight is 313 g/mol. The molecule has 0 aliphatic heterocycles. The van der Waals surface area contributed by atoms with E-state index in [1.807, 2.05) is 42.5 Å². The van der Waals surface area contributed by atoms with Gasteiger partial charge < -0.3 is 10.4 Å². The molecule has 0 saturated carbocycles. The van der Waals surface area contributed by atoms with Crippen molar-refractivity contribution < 1.29 is 9.90 Å². The fourth-order valence-electron chi connectivity index (χ4n) is 2.23. The molecule has 1 heterocycles. The van der Waals surface area contributed by atoms with E-state index in [2.05, 4.69) is 10.3 Å². The molecule has 0 radical (unpaired) electrons. The summed E-state index contributed by atoms with van der Waals surface area (Å²) in [6, 6.07) is 16.5. The third-order valence-electron chi connectivity index (χ3n) is 3.33. The Bertz CT molecular complexity index is 832. The van der Waals surface area contributed by atoms with Gasteiger partial charge >= 0.3 is 5.97 Å². The first-order valence-electron chi connectivity index (χ1n) is 6.75. The highest BCUT2D eigenvalue weighted by atomic mass is 35.5. The Morgan fingerprint density at radius 2 is 1.86 bits per heavy atom. The Labute approximate surface area is 132 Å². The molecule has 2 N–H and O–H groups in total. The molecular formula is C17H13ClN2O2. The van der Waals surface area contributed by atoms with Crippen LogP contribution in [0.3, 0.4) is 0 Å². The second-order valence-electron chi connectivity index (χ2n) is 4.86. The van der Waals surface area contributed by atoms with Crippen LogP contribution in [0.4, 0.5) is 5.69 Å². The van der Waals surface area contributed by atoms with Crippen LogP contribution >= 0.6 is 11.6 Å². The number of aromatic carboxylic acids is 1. The van der Waals surface area contributed by atoms with Crippen molar-refractivity contribution in [2.75, 3.05) is 5.32 Å². The number of carboxylic acid groups (broad SMARTS) is 1. The van der Waals surface area contributed by atoms with Crippen molar-refractivity contribution in [3.8, 4) is 0 Å². The van der Waals surface area contributed by atoms with Gasteiger partial charge in [0, 0.05) is 22.6 Å². The molecule has 110 valence electrons. The fourth-order valence-corrected chi connectivity index (χ4v) is 2.36. The van der Waals surface area contributed by atoms with Gasteiger partial charge in [0.25, 0.3) is 0 Å². The lowest BCUT2D eigenvalue weighted by Crippen LogP contribution is -2.05. The number of hydrogen-bond donors (Lipinski definition) is 2. The summed E-state index contributed by atoms with van der Waals surface area (Å²) in [4.78, 5) is 15.3. The zero-order chi connectivity index (χ0) is 15.5. The zero-order valence-corrected chi connectivity index (χ0v) is 12.3. The molecule has 0 fully saturated rings. The second kappa shape index (κ2) is 6.03. The van der Waals surface area contributed by atoms with Crippen LogP contribution in [0.5, 0.6) is 0 Å². The lowest BCUT2D eigenvalue weighted by atomic mass is 10.1. The van der Waals surface area contributed by atoms with Gasteiger partial charge in [-0.3, -0.25) is 0 Å². The Balaban J connectivity index is 1.94. The van der Waals surface area contributed by atoms with Crippen molar-refractivity contribution in [3.63, 3.8) is 0 Å². The lowest BCUT2D eigenvalue weighted by Gasteiger charge is -2.11. The standard InChI is InChI=1S/C17H13ClN2O2/c18-12-7-5-11(6-8-12)10-19-15-9-16(17(21)22)20-14-4-2-1-3-13(14)15/h1-9H,10H2,(H,19,20)(H,21,22). The van der Waals surface area contributed by atoms with E-state index in [-0.39, 0.29) is 5.69 Å². The van der Waals surface area contributed by atoms with E-state index in [9.17, 15) is 9.90 Å². The maximum atomic E-state index is 11.2. The zero-order valence-electron chi connectivity index (χ0n) is 11.6. The van der Waals surface area contributed by atoms with E-state index >= 15 is 0 Å². The maximum absolute atomic E-state index is 11.2. The van der Waals surface area contributed by atoms with Crippen LogP contribution in [-0.4, -0.2) is 16.1 Å². The molecule has 0 bridgehead atoms. The number of anilines is 1. The number of halogens is 1. The van der Waals surface area contributed by atoms with Gasteiger partial charge in [0.1, 0.15) is 0 Å². The summed E-state index contributed by atoms with van der Waals surface area (Å²) in [5.74, 6) is -1.04. The third-order valence-corrected chi connectivity index (χ3v) is 3.58. The van der Waals surface area contributed by atoms with E-state index in [4.69, 9.17) is 11.6 Å². The van der Waals surface area contributed by atoms with Crippen LogP contribution in [0.1, 0.15) is 16.1 Å². The van der Waals surface area contributed by atoms with Crippen molar-refractivity contribution in [2.24, 2.45) is 0 Å². The van der Waals surface area contributed by atoms with E-state index in [0.29, 0.717) is 17.1 Å². The van der Waals surface area contributed by atoms with Crippen LogP contribution in [0.15, 0.2) is 54.6 Å². The SMILES string of the molecule is O=C(O)c1cc(NCc2ccc(Cl)cc2)c2ccccc2n1. The van der Waals surface area contributed by atoms with E-state index in [1.165, 1.54) is 0 Å². The van der Waals surface area contributed by atoms with Gasteiger partial charge in [-0.05, 0) is 29.8 Å². The van der Waals surface area contributed by atoms with Crippen molar-refractivity contribution >= 4 is 34.2 Å². The Kier molecular flexibility index (Phi) is 3.94. The van der Waals surface area contributed by atoms with Crippen LogP contribution in [-0.2, 0) is 6.54 Å². The molecule has 2 aromatic carbocycles. The highest BCUT2D eigenvalue weighted by molar-refractivity contribution is 6.30. The molecule has 22 heavy (non-hydrogen) atoms. The number of nitrogens with one attached hydrogen (secondary N) is 1. The lowest BCUT2D eigenvalue weighted by molar-refractivity contribution is 0.0691. The summed E-state index contributed by atoms with van der Waals surface area (Å²) in [7, 11) is 0. The monoisotopic (exact) mass is 312 g/mol. The topological polar surface area (TPSA) is 62.2 Å². The maximum Gasteiger partial charge on any atom is 0.354 e. The van der Waals surface area contributed by atoms with Crippen LogP contribution in [0, 0.1) is 0 Å². The van der Waals surface area contributed by atoms with Crippen molar-refractivity contribution in [1.29, 1.82) is 0 Å². The Morgan fingerprint density at radius 1 is 1.14 bits per heavy atom. The van der Waals surface area contributed by atoms with Gasteiger partial charge in [-0.25, -0.2) is 9.78 Å². The third kappa shape index (κ3) is 3.02. The van der Waals surface area contributed by atoms with Crippen LogP contribution in [0.25, 0.3) is 10.9 Å². The number of pyridine rings is 1. The summed E-state index contributed by atoms with van der Waals surface area (Å²) >= 11 is 5.87. The summed E-state index contributed by atoms with van der Waals surface area (Å²) in [6.07, 6.45) is 0. The van der Waals surface area contributed by atoms with Crippen molar-refractivity contribution in [1.82, 2.24) is 4.98 Å². The largest absolute Gasteiger partial charge is 0.477 e. The minimum atomic E-state index is -1.04. The highest BCUT2D eigenvalue weighted by Gasteiger charge is 2.10. The number of hydrogen-bond acceptors (Lipinski definition) is 3. The van der Waals surface area contributed by atoms with E-state index < -0.39 is 5.97 Å². The molecule has 3 rings (SSSR count). The van der Waals surface area contributed by atoms with Gasteiger partial charge in [0.05, 0.1) is 5.52 Å². The van der Waals surface area contributed by atoms with E-state index in [1.54, 1.807) is 12.1 Å². The molecule has 0 unspecified atom stereocenters. The number of para-hydroxylation sites is 1. The van der Waals surface area contributed by atoms with Gasteiger partial charge in [-0.1, -0.05) is 41.9 Å². The fraction of sp³-hybridized carbons (Fsp3) is 0.0588. The minimum absolute atomic E-state index is 0.0253. The molecule has 0 aliphatic rings. The number of carboxylic acids is 1. The summed E-state index contributed by atoms with van der Waals surface area (Å²) in [5, 5.41) is 14.0. The molecule has 1 aromatic heterocycles. The molecule has 4 nitrogen and oxygen atoms in total. The summed E-state index contributed by atoms with van der Waals surface area (Å²) in [5.41, 5.74) is 2.48. The predicted molar refractivity (Wildman–Crippen MR) is 87.5 cm³/mol. The van der Waals surface area contributed by atoms with Gasteiger partial charge in [0.15, 0.2) is 5.69 Å². The summed E-state index contributed by atoms with van der Waals surface area (Å²) in [6.45, 7) is 0.574. The molecule has 0 aliphatic carbocycles. The van der Waals surface area contributed by atoms with Crippen LogP contribution in [0.2, 0.25) is 5.02 Å². The van der Waals surface area contributed by atoms with Gasteiger partial charge in [-0.15, -0.1) is 0 Å². The Morgan fingerprint density at radius 3 is 2.59 bits per heavy atom.